The van der Waals surface area contributed by atoms with Crippen molar-refractivity contribution < 1.29 is 9.53 Å². The first kappa shape index (κ1) is 15.7. The molecule has 0 bridgehead atoms. The number of carbonyl (C=O) groups is 1. The van der Waals surface area contributed by atoms with E-state index in [0.29, 0.717) is 13.0 Å². The van der Waals surface area contributed by atoms with Crippen molar-refractivity contribution in [2.75, 3.05) is 13.7 Å². The fourth-order valence-corrected chi connectivity index (χ4v) is 1.94. The van der Waals surface area contributed by atoms with E-state index in [9.17, 15) is 4.79 Å². The Kier molecular flexibility index (Phi) is 6.53. The third-order valence-electron chi connectivity index (χ3n) is 3.23. The highest BCUT2D eigenvalue weighted by Crippen LogP contribution is 2.17. The molecule has 0 heterocycles. The van der Waals surface area contributed by atoms with Crippen LogP contribution in [0, 0.1) is 6.92 Å². The molecule has 1 aromatic rings. The van der Waals surface area contributed by atoms with Crippen LogP contribution in [0.25, 0.3) is 0 Å². The molecule has 106 valence electrons. The lowest BCUT2D eigenvalue weighted by Gasteiger charge is -2.19. The summed E-state index contributed by atoms with van der Waals surface area (Å²) in [5.41, 5.74) is 7.86. The first-order chi connectivity index (χ1) is 9.10. The van der Waals surface area contributed by atoms with E-state index in [4.69, 9.17) is 10.5 Å². The Labute approximate surface area is 115 Å². The van der Waals surface area contributed by atoms with Gasteiger partial charge in [-0.05, 0) is 18.9 Å². The topological polar surface area (TPSA) is 64.4 Å². The van der Waals surface area contributed by atoms with Gasteiger partial charge in [-0.2, -0.15) is 0 Å². The molecule has 0 saturated heterocycles. The maximum atomic E-state index is 11.9. The zero-order chi connectivity index (χ0) is 14.3. The van der Waals surface area contributed by atoms with Crippen molar-refractivity contribution in [2.45, 2.75) is 38.8 Å². The number of ether oxygens (including phenoxy) is 1. The second-order valence-corrected chi connectivity index (χ2v) is 4.74. The van der Waals surface area contributed by atoms with Crippen LogP contribution in [-0.2, 0) is 9.53 Å². The van der Waals surface area contributed by atoms with Crippen LogP contribution in [0.3, 0.4) is 0 Å². The number of aryl methyl sites for hydroxylation is 1. The lowest BCUT2D eigenvalue weighted by molar-refractivity contribution is -0.124. The summed E-state index contributed by atoms with van der Waals surface area (Å²) in [6, 6.07) is 8.27. The second kappa shape index (κ2) is 7.92. The monoisotopic (exact) mass is 264 g/mol. The summed E-state index contributed by atoms with van der Waals surface area (Å²) in [6.07, 6.45) is 0.945. The van der Waals surface area contributed by atoms with Crippen molar-refractivity contribution in [1.29, 1.82) is 0 Å². The lowest BCUT2D eigenvalue weighted by atomic mass is 10.0. The number of amides is 1. The minimum absolute atomic E-state index is 0.0234. The zero-order valence-corrected chi connectivity index (χ0v) is 12.0. The molecule has 0 fully saturated rings. The molecule has 1 aromatic carbocycles. The molecule has 0 radical (unpaired) electrons. The van der Waals surface area contributed by atoms with Crippen LogP contribution in [0.1, 0.15) is 36.9 Å². The van der Waals surface area contributed by atoms with Gasteiger partial charge in [0.15, 0.2) is 0 Å². The minimum Gasteiger partial charge on any atom is -0.380 e. The van der Waals surface area contributed by atoms with E-state index in [1.54, 1.807) is 7.11 Å². The summed E-state index contributed by atoms with van der Waals surface area (Å²) in [5.74, 6) is -0.0234. The number of nitrogens with two attached hydrogens (primary N) is 1. The Bertz CT molecular complexity index is 386. The van der Waals surface area contributed by atoms with Crippen molar-refractivity contribution in [3.05, 3.63) is 35.4 Å². The number of rotatable bonds is 7. The van der Waals surface area contributed by atoms with Crippen LogP contribution in [0.4, 0.5) is 0 Å². The van der Waals surface area contributed by atoms with E-state index in [-0.39, 0.29) is 18.1 Å². The van der Waals surface area contributed by atoms with E-state index in [0.717, 1.165) is 12.0 Å². The summed E-state index contributed by atoms with van der Waals surface area (Å²) in [7, 11) is 1.57. The van der Waals surface area contributed by atoms with Gasteiger partial charge in [-0.25, -0.2) is 0 Å². The molecule has 0 aromatic heterocycles. The van der Waals surface area contributed by atoms with Crippen molar-refractivity contribution in [2.24, 2.45) is 5.73 Å². The van der Waals surface area contributed by atoms with E-state index < -0.39 is 0 Å². The minimum atomic E-state index is -0.212. The van der Waals surface area contributed by atoms with Crippen LogP contribution < -0.4 is 11.1 Å². The van der Waals surface area contributed by atoms with Gasteiger partial charge in [-0.15, -0.1) is 0 Å². The molecule has 0 saturated carbocycles. The summed E-state index contributed by atoms with van der Waals surface area (Å²) in [6.45, 7) is 4.46. The predicted molar refractivity (Wildman–Crippen MR) is 76.8 cm³/mol. The standard InChI is InChI=1S/C15H24N2O2/c1-4-14(12-7-5-11(2)6-8-12)17-15(18)9-13(10-16)19-3/h5-8,13-14H,4,9-10,16H2,1-3H3,(H,17,18). The largest absolute Gasteiger partial charge is 0.380 e. The average Bonchev–Trinajstić information content (AvgIpc) is 2.43. The van der Waals surface area contributed by atoms with Crippen molar-refractivity contribution >= 4 is 5.91 Å². The highest BCUT2D eigenvalue weighted by Gasteiger charge is 2.16. The molecule has 2 unspecified atom stereocenters. The number of benzene rings is 1. The third-order valence-corrected chi connectivity index (χ3v) is 3.23. The number of carbonyl (C=O) groups excluding carboxylic acids is 1. The Morgan fingerprint density at radius 3 is 2.47 bits per heavy atom. The Morgan fingerprint density at radius 2 is 2.00 bits per heavy atom. The van der Waals surface area contributed by atoms with Crippen molar-refractivity contribution in [3.63, 3.8) is 0 Å². The molecule has 2 atom stereocenters. The lowest BCUT2D eigenvalue weighted by Crippen LogP contribution is -2.34. The van der Waals surface area contributed by atoms with Gasteiger partial charge in [-0.1, -0.05) is 36.8 Å². The van der Waals surface area contributed by atoms with Crippen LogP contribution in [0.5, 0.6) is 0 Å². The van der Waals surface area contributed by atoms with Gasteiger partial charge in [0.2, 0.25) is 5.91 Å². The number of hydrogen-bond acceptors (Lipinski definition) is 3. The van der Waals surface area contributed by atoms with Gasteiger partial charge in [0, 0.05) is 13.7 Å². The molecule has 3 N–H and O–H groups in total. The summed E-state index contributed by atoms with van der Waals surface area (Å²) in [5, 5.41) is 3.03. The quantitative estimate of drug-likeness (QED) is 0.791. The molecule has 0 aliphatic carbocycles. The van der Waals surface area contributed by atoms with Crippen LogP contribution >= 0.6 is 0 Å². The van der Waals surface area contributed by atoms with E-state index in [1.807, 2.05) is 6.92 Å². The summed E-state index contributed by atoms with van der Waals surface area (Å²) in [4.78, 5) is 11.9. The normalized spacial score (nSPS) is 13.9. The molecule has 0 spiro atoms. The first-order valence-corrected chi connectivity index (χ1v) is 6.69. The smallest absolute Gasteiger partial charge is 0.223 e. The van der Waals surface area contributed by atoms with Crippen LogP contribution in [-0.4, -0.2) is 25.7 Å². The number of nitrogens with one attached hydrogen (secondary N) is 1. The van der Waals surface area contributed by atoms with Gasteiger partial charge in [-0.3, -0.25) is 4.79 Å². The maximum absolute atomic E-state index is 11.9. The van der Waals surface area contributed by atoms with Gasteiger partial charge >= 0.3 is 0 Å². The van der Waals surface area contributed by atoms with E-state index in [1.165, 1.54) is 5.56 Å². The molecular formula is C15H24N2O2. The molecular weight excluding hydrogens is 240 g/mol. The molecule has 4 heteroatoms. The molecule has 0 aliphatic heterocycles. The van der Waals surface area contributed by atoms with Crippen LogP contribution in [0.2, 0.25) is 0 Å². The summed E-state index contributed by atoms with van der Waals surface area (Å²) >= 11 is 0. The van der Waals surface area contributed by atoms with Crippen LogP contribution in [0.15, 0.2) is 24.3 Å². The zero-order valence-electron chi connectivity index (χ0n) is 12.0. The molecule has 19 heavy (non-hydrogen) atoms. The second-order valence-electron chi connectivity index (χ2n) is 4.74. The van der Waals surface area contributed by atoms with E-state index in [2.05, 4.69) is 36.5 Å². The van der Waals surface area contributed by atoms with Gasteiger partial charge in [0.25, 0.3) is 0 Å². The Balaban J connectivity index is 2.61. The average molecular weight is 264 g/mol. The van der Waals surface area contributed by atoms with Gasteiger partial charge in [0.05, 0.1) is 18.6 Å². The van der Waals surface area contributed by atoms with Gasteiger partial charge in [0.1, 0.15) is 0 Å². The molecule has 1 amide bonds. The van der Waals surface area contributed by atoms with Gasteiger partial charge < -0.3 is 15.8 Å². The highest BCUT2D eigenvalue weighted by molar-refractivity contribution is 5.77. The predicted octanol–water partition coefficient (Wildman–Crippen LogP) is 1.93. The Hall–Kier alpha value is -1.39. The van der Waals surface area contributed by atoms with Crippen molar-refractivity contribution in [3.8, 4) is 0 Å². The van der Waals surface area contributed by atoms with Crippen molar-refractivity contribution in [1.82, 2.24) is 5.32 Å². The Morgan fingerprint density at radius 1 is 1.37 bits per heavy atom. The fraction of sp³-hybridized carbons (Fsp3) is 0.533. The SMILES string of the molecule is CCC(NC(=O)CC(CN)OC)c1ccc(C)cc1. The third kappa shape index (κ3) is 5.01. The molecule has 1 rings (SSSR count). The number of hydrogen-bond donors (Lipinski definition) is 2. The fourth-order valence-electron chi connectivity index (χ4n) is 1.94. The number of methoxy groups -OCH3 is 1. The maximum Gasteiger partial charge on any atom is 0.223 e. The summed E-state index contributed by atoms with van der Waals surface area (Å²) < 4.78 is 5.12. The molecule has 4 nitrogen and oxygen atoms in total. The highest BCUT2D eigenvalue weighted by atomic mass is 16.5. The first-order valence-electron chi connectivity index (χ1n) is 6.69. The molecule has 0 aliphatic rings. The van der Waals surface area contributed by atoms with E-state index >= 15 is 0 Å².